The first-order valence-corrected chi connectivity index (χ1v) is 9.25. The molecule has 1 atom stereocenters. The minimum absolute atomic E-state index is 0.0851. The highest BCUT2D eigenvalue weighted by Gasteiger charge is 2.47. The average Bonchev–Trinajstić information content (AvgIpc) is 3.18. The Hall–Kier alpha value is -3.29. The minimum atomic E-state index is -4.66. The van der Waals surface area contributed by atoms with Crippen LogP contribution in [0.25, 0.3) is 0 Å². The molecule has 1 aliphatic heterocycles. The number of rotatable bonds is 3. The van der Waals surface area contributed by atoms with Gasteiger partial charge in [-0.3, -0.25) is 0 Å². The van der Waals surface area contributed by atoms with Gasteiger partial charge < -0.3 is 4.84 Å². The summed E-state index contributed by atoms with van der Waals surface area (Å²) in [7, 11) is 0. The fraction of sp³-hybridized carbons (Fsp3) is 0.174. The second kappa shape index (κ2) is 7.44. The predicted octanol–water partition coefficient (Wildman–Crippen LogP) is 6.50. The van der Waals surface area contributed by atoms with Crippen molar-refractivity contribution in [3.63, 3.8) is 0 Å². The molecule has 0 aromatic heterocycles. The first-order chi connectivity index (χ1) is 14.6. The SMILES string of the molecule is Cc1ccc(C2=NOC(c3cccc(C(F)(F)F)c3)(c3ccc(F)c(F)c3F)C2)cc1. The Kier molecular flexibility index (Phi) is 5.03. The lowest BCUT2D eigenvalue weighted by molar-refractivity contribution is -0.137. The molecule has 0 fully saturated rings. The molecule has 3 aromatic carbocycles. The third kappa shape index (κ3) is 3.66. The van der Waals surface area contributed by atoms with E-state index in [-0.39, 0.29) is 12.0 Å². The summed E-state index contributed by atoms with van der Waals surface area (Å²) < 4.78 is 82.3. The summed E-state index contributed by atoms with van der Waals surface area (Å²) in [4.78, 5) is 5.54. The van der Waals surface area contributed by atoms with Gasteiger partial charge in [-0.25, -0.2) is 13.2 Å². The molecule has 0 spiro atoms. The van der Waals surface area contributed by atoms with Crippen LogP contribution in [-0.4, -0.2) is 5.71 Å². The molecular weight excluding hydrogens is 420 g/mol. The third-order valence-corrected chi connectivity index (χ3v) is 5.24. The standard InChI is InChI=1S/C23H15F6NO/c1-13-5-7-14(8-6-13)19-12-22(31-30-19,17-9-10-18(24)21(26)20(17)25)15-3-2-4-16(11-15)23(27,28)29/h2-11H,12H2,1H3. The number of alkyl halides is 3. The monoisotopic (exact) mass is 435 g/mol. The molecule has 1 heterocycles. The van der Waals surface area contributed by atoms with Gasteiger partial charge in [-0.1, -0.05) is 47.1 Å². The Balaban J connectivity index is 1.88. The molecule has 0 bridgehead atoms. The Morgan fingerprint density at radius 1 is 0.903 bits per heavy atom. The van der Waals surface area contributed by atoms with Gasteiger partial charge in [0.1, 0.15) is 0 Å². The van der Waals surface area contributed by atoms with E-state index in [0.717, 1.165) is 29.8 Å². The van der Waals surface area contributed by atoms with E-state index in [2.05, 4.69) is 5.16 Å². The van der Waals surface area contributed by atoms with Gasteiger partial charge in [0, 0.05) is 17.5 Å². The van der Waals surface area contributed by atoms with Crippen molar-refractivity contribution in [2.75, 3.05) is 0 Å². The quantitative estimate of drug-likeness (QED) is 0.340. The van der Waals surface area contributed by atoms with Crippen LogP contribution in [0.3, 0.4) is 0 Å². The highest BCUT2D eigenvalue weighted by molar-refractivity contribution is 6.02. The van der Waals surface area contributed by atoms with Gasteiger partial charge in [-0.2, -0.15) is 13.2 Å². The van der Waals surface area contributed by atoms with Gasteiger partial charge in [0.2, 0.25) is 0 Å². The van der Waals surface area contributed by atoms with Gasteiger partial charge >= 0.3 is 6.18 Å². The molecule has 1 unspecified atom stereocenters. The largest absolute Gasteiger partial charge is 0.416 e. The molecule has 0 saturated carbocycles. The summed E-state index contributed by atoms with van der Waals surface area (Å²) in [5.74, 6) is -4.70. The Labute approximate surface area is 173 Å². The van der Waals surface area contributed by atoms with E-state index in [4.69, 9.17) is 4.84 Å². The third-order valence-electron chi connectivity index (χ3n) is 5.24. The van der Waals surface area contributed by atoms with Crippen molar-refractivity contribution in [1.29, 1.82) is 0 Å². The Morgan fingerprint density at radius 2 is 1.61 bits per heavy atom. The van der Waals surface area contributed by atoms with E-state index in [0.29, 0.717) is 17.3 Å². The van der Waals surface area contributed by atoms with Gasteiger partial charge in [-0.05, 0) is 36.8 Å². The number of oxime groups is 1. The summed E-state index contributed by atoms with van der Waals surface area (Å²) >= 11 is 0. The van der Waals surface area contributed by atoms with Crippen LogP contribution in [-0.2, 0) is 16.6 Å². The summed E-state index contributed by atoms with van der Waals surface area (Å²) in [6.07, 6.45) is -4.84. The molecule has 31 heavy (non-hydrogen) atoms. The zero-order chi connectivity index (χ0) is 22.4. The van der Waals surface area contributed by atoms with E-state index < -0.39 is 40.4 Å². The van der Waals surface area contributed by atoms with Crippen molar-refractivity contribution in [3.05, 3.63) is 106 Å². The molecule has 2 nitrogen and oxygen atoms in total. The second-order valence-corrected chi connectivity index (χ2v) is 7.30. The fourth-order valence-electron chi connectivity index (χ4n) is 3.57. The molecule has 8 heteroatoms. The van der Waals surface area contributed by atoms with Gasteiger partial charge in [0.15, 0.2) is 23.1 Å². The molecule has 0 amide bonds. The van der Waals surface area contributed by atoms with E-state index in [1.165, 1.54) is 6.07 Å². The number of hydrogen-bond acceptors (Lipinski definition) is 2. The number of nitrogens with zero attached hydrogens (tertiary/aromatic N) is 1. The maximum Gasteiger partial charge on any atom is 0.416 e. The van der Waals surface area contributed by atoms with Crippen LogP contribution in [0.1, 0.15) is 34.2 Å². The minimum Gasteiger partial charge on any atom is -0.379 e. The van der Waals surface area contributed by atoms with Crippen molar-refractivity contribution in [2.24, 2.45) is 5.16 Å². The number of halogens is 6. The van der Waals surface area contributed by atoms with E-state index >= 15 is 0 Å². The maximum absolute atomic E-state index is 14.8. The normalized spacial score (nSPS) is 18.6. The van der Waals surface area contributed by atoms with Gasteiger partial charge in [0.25, 0.3) is 0 Å². The maximum atomic E-state index is 14.8. The molecular formula is C23H15F6NO. The summed E-state index contributed by atoms with van der Waals surface area (Å²) in [5.41, 5.74) is -1.50. The zero-order valence-corrected chi connectivity index (χ0v) is 16.1. The lowest BCUT2D eigenvalue weighted by Gasteiger charge is -2.29. The number of benzene rings is 3. The number of aryl methyl sites for hydroxylation is 1. The molecule has 1 aliphatic rings. The predicted molar refractivity (Wildman–Crippen MR) is 102 cm³/mol. The smallest absolute Gasteiger partial charge is 0.379 e. The molecule has 4 rings (SSSR count). The summed E-state index contributed by atoms with van der Waals surface area (Å²) in [6.45, 7) is 1.88. The lowest BCUT2D eigenvalue weighted by atomic mass is 9.80. The van der Waals surface area contributed by atoms with Crippen molar-refractivity contribution in [3.8, 4) is 0 Å². The van der Waals surface area contributed by atoms with Crippen LogP contribution in [0.4, 0.5) is 26.3 Å². The van der Waals surface area contributed by atoms with Crippen LogP contribution in [0.15, 0.2) is 65.8 Å². The Morgan fingerprint density at radius 3 is 2.29 bits per heavy atom. The number of hydrogen-bond donors (Lipinski definition) is 0. The van der Waals surface area contributed by atoms with Crippen LogP contribution >= 0.6 is 0 Å². The Bertz CT molecular complexity index is 1170. The first kappa shape index (κ1) is 21.0. The highest BCUT2D eigenvalue weighted by atomic mass is 19.4. The lowest BCUT2D eigenvalue weighted by Crippen LogP contribution is -2.30. The van der Waals surface area contributed by atoms with Crippen molar-refractivity contribution in [1.82, 2.24) is 0 Å². The zero-order valence-electron chi connectivity index (χ0n) is 16.1. The van der Waals surface area contributed by atoms with Crippen LogP contribution < -0.4 is 0 Å². The molecule has 160 valence electrons. The van der Waals surface area contributed by atoms with Crippen molar-refractivity contribution < 1.29 is 31.2 Å². The molecule has 0 aliphatic carbocycles. The van der Waals surface area contributed by atoms with Gasteiger partial charge in [0.05, 0.1) is 11.3 Å². The van der Waals surface area contributed by atoms with Crippen LogP contribution in [0.2, 0.25) is 0 Å². The molecule has 0 saturated heterocycles. The molecule has 3 aromatic rings. The van der Waals surface area contributed by atoms with E-state index in [9.17, 15) is 26.3 Å². The highest BCUT2D eigenvalue weighted by Crippen LogP contribution is 2.45. The summed E-state index contributed by atoms with van der Waals surface area (Å²) in [6, 6.07) is 12.9. The molecule has 0 N–H and O–H groups in total. The van der Waals surface area contributed by atoms with Crippen LogP contribution in [0, 0.1) is 24.4 Å². The van der Waals surface area contributed by atoms with E-state index in [1.807, 2.05) is 6.92 Å². The average molecular weight is 435 g/mol. The first-order valence-electron chi connectivity index (χ1n) is 9.25. The molecule has 0 radical (unpaired) electrons. The summed E-state index contributed by atoms with van der Waals surface area (Å²) in [5, 5.41) is 3.98. The topological polar surface area (TPSA) is 21.6 Å². The van der Waals surface area contributed by atoms with Gasteiger partial charge in [-0.15, -0.1) is 0 Å². The van der Waals surface area contributed by atoms with E-state index in [1.54, 1.807) is 24.3 Å². The fourth-order valence-corrected chi connectivity index (χ4v) is 3.57. The second-order valence-electron chi connectivity index (χ2n) is 7.30. The van der Waals surface area contributed by atoms with Crippen LogP contribution in [0.5, 0.6) is 0 Å². The van der Waals surface area contributed by atoms with Crippen molar-refractivity contribution in [2.45, 2.75) is 25.1 Å². The van der Waals surface area contributed by atoms with Crippen molar-refractivity contribution >= 4 is 5.71 Å².